The molecule has 0 saturated carbocycles. The Morgan fingerprint density at radius 3 is 2.57 bits per heavy atom. The minimum atomic E-state index is 0.837. The quantitative estimate of drug-likeness (QED) is 0.484. The Balaban J connectivity index is 2.35. The van der Waals surface area contributed by atoms with Crippen LogP contribution >= 0.6 is 11.6 Å². The van der Waals surface area contributed by atoms with Crippen molar-refractivity contribution in [2.24, 2.45) is 0 Å². The molecule has 0 unspecified atom stereocenters. The first-order valence-electron chi connectivity index (χ1n) is 4.59. The molecule has 0 spiro atoms. The van der Waals surface area contributed by atoms with E-state index in [9.17, 15) is 0 Å². The third-order valence-electron chi connectivity index (χ3n) is 2.59. The van der Waals surface area contributed by atoms with Crippen molar-refractivity contribution in [1.82, 2.24) is 0 Å². The van der Waals surface area contributed by atoms with Crippen molar-refractivity contribution in [3.63, 3.8) is 0 Å². The van der Waals surface area contributed by atoms with Crippen LogP contribution in [0.15, 0.2) is 42.5 Å². The molecule has 1 radical (unpaired) electrons. The van der Waals surface area contributed by atoms with Crippen LogP contribution in [0.2, 0.25) is 5.02 Å². The fourth-order valence-corrected chi connectivity index (χ4v) is 2.25. The molecule has 0 aliphatic carbocycles. The predicted molar refractivity (Wildman–Crippen MR) is 61.9 cm³/mol. The lowest BCUT2D eigenvalue weighted by Gasteiger charge is -2.03. The van der Waals surface area contributed by atoms with Crippen molar-refractivity contribution in [3.05, 3.63) is 47.5 Å². The number of fused-ring (bicyclic) bond motifs is 3. The molecule has 0 saturated heterocycles. The van der Waals surface area contributed by atoms with Gasteiger partial charge in [-0.3, -0.25) is 0 Å². The van der Waals surface area contributed by atoms with Gasteiger partial charge in [0.25, 0.3) is 0 Å². The van der Waals surface area contributed by atoms with Gasteiger partial charge in [0.05, 0.1) is 0 Å². The molecular formula is C12H7BCl. The summed E-state index contributed by atoms with van der Waals surface area (Å²) in [5.41, 5.74) is 4.90. The highest BCUT2D eigenvalue weighted by Crippen LogP contribution is 2.27. The topological polar surface area (TPSA) is 0 Å². The first-order valence-corrected chi connectivity index (χ1v) is 4.97. The lowest BCUT2D eigenvalue weighted by Crippen LogP contribution is -2.20. The second-order valence-electron chi connectivity index (χ2n) is 3.44. The minimum absolute atomic E-state index is 0.837. The van der Waals surface area contributed by atoms with Gasteiger partial charge in [-0.1, -0.05) is 58.9 Å². The van der Waals surface area contributed by atoms with Crippen molar-refractivity contribution >= 4 is 29.8 Å². The largest absolute Gasteiger partial charge is 0.193 e. The highest BCUT2D eigenvalue weighted by molar-refractivity contribution is 6.74. The molecular weight excluding hydrogens is 190 g/mol. The molecule has 0 amide bonds. The van der Waals surface area contributed by atoms with Gasteiger partial charge in [0, 0.05) is 5.02 Å². The molecule has 14 heavy (non-hydrogen) atoms. The van der Waals surface area contributed by atoms with Gasteiger partial charge in [-0.15, -0.1) is 0 Å². The molecule has 0 bridgehead atoms. The maximum atomic E-state index is 6.18. The lowest BCUT2D eigenvalue weighted by molar-refractivity contribution is 1.70. The van der Waals surface area contributed by atoms with Gasteiger partial charge in [0.1, 0.15) is 0 Å². The normalized spacial score (nSPS) is 11.8. The summed E-state index contributed by atoms with van der Waals surface area (Å²) in [5, 5.41) is 0.837. The van der Waals surface area contributed by atoms with Crippen molar-refractivity contribution in [2.75, 3.05) is 0 Å². The van der Waals surface area contributed by atoms with E-state index in [1.807, 2.05) is 18.2 Å². The van der Waals surface area contributed by atoms with E-state index < -0.39 is 0 Å². The van der Waals surface area contributed by atoms with Crippen LogP contribution in [0.25, 0.3) is 11.1 Å². The van der Waals surface area contributed by atoms with Crippen molar-refractivity contribution in [1.29, 1.82) is 0 Å². The summed E-state index contributed by atoms with van der Waals surface area (Å²) in [7, 11) is 2.18. The standard InChI is InChI=1S/C12H7BCl/c14-11-7-3-6-10-12(11)8-4-1-2-5-9(8)13-10/h1-7H. The smallest absolute Gasteiger partial charge is 0.0837 e. The molecule has 1 heterocycles. The summed E-state index contributed by atoms with van der Waals surface area (Å²) in [5.74, 6) is 0. The zero-order valence-corrected chi connectivity index (χ0v) is 8.25. The van der Waals surface area contributed by atoms with E-state index >= 15 is 0 Å². The summed E-state index contributed by atoms with van der Waals surface area (Å²) in [6.07, 6.45) is 0. The SMILES string of the molecule is Clc1cccc2c1-c1ccccc1[B]2. The van der Waals surface area contributed by atoms with Crippen molar-refractivity contribution in [3.8, 4) is 11.1 Å². The van der Waals surface area contributed by atoms with E-state index in [1.165, 1.54) is 22.1 Å². The second-order valence-corrected chi connectivity index (χ2v) is 3.84. The number of halogens is 1. The Labute approximate surface area is 88.8 Å². The molecule has 1 aliphatic heterocycles. The van der Waals surface area contributed by atoms with Crippen LogP contribution in [0, 0.1) is 0 Å². The first kappa shape index (κ1) is 8.13. The molecule has 0 fully saturated rings. The van der Waals surface area contributed by atoms with Crippen LogP contribution in [0.1, 0.15) is 0 Å². The van der Waals surface area contributed by atoms with E-state index in [0.717, 1.165) is 5.02 Å². The molecule has 2 heteroatoms. The average molecular weight is 197 g/mol. The van der Waals surface area contributed by atoms with Gasteiger partial charge in [0.2, 0.25) is 0 Å². The summed E-state index contributed by atoms with van der Waals surface area (Å²) in [4.78, 5) is 0. The third kappa shape index (κ3) is 1.02. The van der Waals surface area contributed by atoms with Crippen LogP contribution in [0.5, 0.6) is 0 Å². The lowest BCUT2D eigenvalue weighted by atomic mass is 9.68. The third-order valence-corrected chi connectivity index (χ3v) is 2.90. The molecule has 3 rings (SSSR count). The van der Waals surface area contributed by atoms with E-state index in [4.69, 9.17) is 11.6 Å². The molecule has 0 N–H and O–H groups in total. The fourth-order valence-electron chi connectivity index (χ4n) is 1.96. The van der Waals surface area contributed by atoms with Gasteiger partial charge in [-0.25, -0.2) is 0 Å². The minimum Gasteiger partial charge on any atom is -0.0837 e. The molecule has 2 aromatic rings. The zero-order chi connectivity index (χ0) is 9.54. The zero-order valence-electron chi connectivity index (χ0n) is 7.50. The van der Waals surface area contributed by atoms with Crippen LogP contribution in [-0.2, 0) is 0 Å². The predicted octanol–water partition coefficient (Wildman–Crippen LogP) is 1.98. The number of hydrogen-bond acceptors (Lipinski definition) is 0. The van der Waals surface area contributed by atoms with E-state index in [2.05, 4.69) is 31.5 Å². The van der Waals surface area contributed by atoms with Crippen LogP contribution < -0.4 is 10.9 Å². The van der Waals surface area contributed by atoms with Crippen LogP contribution in [0.3, 0.4) is 0 Å². The summed E-state index contributed by atoms with van der Waals surface area (Å²) in [6, 6.07) is 14.4. The summed E-state index contributed by atoms with van der Waals surface area (Å²) < 4.78 is 0. The highest BCUT2D eigenvalue weighted by atomic mass is 35.5. The Kier molecular flexibility index (Phi) is 1.68. The molecule has 2 aromatic carbocycles. The van der Waals surface area contributed by atoms with E-state index in [0.29, 0.717) is 0 Å². The van der Waals surface area contributed by atoms with Gasteiger partial charge in [-0.05, 0) is 17.2 Å². The number of hydrogen-bond donors (Lipinski definition) is 0. The van der Waals surface area contributed by atoms with Crippen LogP contribution in [0.4, 0.5) is 0 Å². The second kappa shape index (κ2) is 2.89. The Morgan fingerprint density at radius 1 is 0.857 bits per heavy atom. The number of rotatable bonds is 0. The molecule has 65 valence electrons. The Bertz CT molecular complexity index is 505. The van der Waals surface area contributed by atoms with Gasteiger partial charge < -0.3 is 0 Å². The van der Waals surface area contributed by atoms with Gasteiger partial charge in [0.15, 0.2) is 7.28 Å². The average Bonchev–Trinajstić information content (AvgIpc) is 2.57. The number of benzene rings is 2. The first-order chi connectivity index (χ1) is 6.86. The van der Waals surface area contributed by atoms with E-state index in [-0.39, 0.29) is 0 Å². The molecule has 0 nitrogen and oxygen atoms in total. The maximum absolute atomic E-state index is 6.18. The molecule has 0 atom stereocenters. The van der Waals surface area contributed by atoms with Crippen molar-refractivity contribution in [2.45, 2.75) is 0 Å². The summed E-state index contributed by atoms with van der Waals surface area (Å²) >= 11 is 6.18. The summed E-state index contributed by atoms with van der Waals surface area (Å²) in [6.45, 7) is 0. The maximum Gasteiger partial charge on any atom is 0.193 e. The monoisotopic (exact) mass is 197 g/mol. The van der Waals surface area contributed by atoms with Crippen molar-refractivity contribution < 1.29 is 0 Å². The Hall–Kier alpha value is -1.21. The van der Waals surface area contributed by atoms with Crippen LogP contribution in [-0.4, -0.2) is 7.28 Å². The Morgan fingerprint density at radius 2 is 1.64 bits per heavy atom. The fraction of sp³-hybridized carbons (Fsp3) is 0. The highest BCUT2D eigenvalue weighted by Gasteiger charge is 2.20. The van der Waals surface area contributed by atoms with Gasteiger partial charge >= 0.3 is 0 Å². The van der Waals surface area contributed by atoms with Gasteiger partial charge in [-0.2, -0.15) is 0 Å². The molecule has 1 aliphatic rings. The van der Waals surface area contributed by atoms with E-state index in [1.54, 1.807) is 0 Å². The molecule has 0 aromatic heterocycles.